The molecular formula is C7H15N3OS. The van der Waals surface area contributed by atoms with Crippen molar-refractivity contribution in [3.8, 4) is 0 Å². The number of nitrogens with two attached hydrogens (primary N) is 1. The van der Waals surface area contributed by atoms with Crippen LogP contribution in [0.1, 0.15) is 0 Å². The number of thiocarbonyl (C=S) groups is 1. The Labute approximate surface area is 78.3 Å². The van der Waals surface area contributed by atoms with E-state index in [0.29, 0.717) is 18.1 Å². The van der Waals surface area contributed by atoms with Crippen LogP contribution in [0.5, 0.6) is 0 Å². The van der Waals surface area contributed by atoms with Gasteiger partial charge in [-0.05, 0) is 7.05 Å². The van der Waals surface area contributed by atoms with Crippen molar-refractivity contribution in [1.82, 2.24) is 9.80 Å². The standard InChI is InChI=1S/C7H15N3OS/c1-9(2)7(11)5-10(3)4-6(8)12/h4-5H2,1-3H3,(H2,8,12). The minimum absolute atomic E-state index is 0.0498. The van der Waals surface area contributed by atoms with Gasteiger partial charge in [0.2, 0.25) is 5.91 Å². The van der Waals surface area contributed by atoms with Crippen LogP contribution in [0.15, 0.2) is 0 Å². The molecule has 0 aliphatic rings. The van der Waals surface area contributed by atoms with Crippen LogP contribution in [-0.4, -0.2) is 54.9 Å². The predicted molar refractivity (Wildman–Crippen MR) is 53.0 cm³/mol. The summed E-state index contributed by atoms with van der Waals surface area (Å²) < 4.78 is 0. The van der Waals surface area contributed by atoms with Crippen molar-refractivity contribution < 1.29 is 4.79 Å². The molecular weight excluding hydrogens is 174 g/mol. The van der Waals surface area contributed by atoms with Crippen molar-refractivity contribution in [2.24, 2.45) is 5.73 Å². The van der Waals surface area contributed by atoms with E-state index in [1.807, 2.05) is 0 Å². The quantitative estimate of drug-likeness (QED) is 0.594. The Bertz CT molecular complexity index is 181. The number of carbonyl (C=O) groups excluding carboxylic acids is 1. The van der Waals surface area contributed by atoms with Crippen LogP contribution in [0, 0.1) is 0 Å². The number of nitrogens with zero attached hydrogens (tertiary/aromatic N) is 2. The van der Waals surface area contributed by atoms with E-state index < -0.39 is 0 Å². The Morgan fingerprint density at radius 1 is 1.33 bits per heavy atom. The molecule has 0 spiro atoms. The van der Waals surface area contributed by atoms with Gasteiger partial charge in [-0.25, -0.2) is 0 Å². The van der Waals surface area contributed by atoms with E-state index in [9.17, 15) is 4.79 Å². The maximum absolute atomic E-state index is 11.1. The molecule has 0 bridgehead atoms. The number of likely N-dealkylation sites (N-methyl/N-ethyl adjacent to an activating group) is 2. The third-order valence-electron chi connectivity index (χ3n) is 1.33. The van der Waals surface area contributed by atoms with Gasteiger partial charge in [-0.1, -0.05) is 12.2 Å². The van der Waals surface area contributed by atoms with Crippen LogP contribution in [-0.2, 0) is 4.79 Å². The zero-order valence-corrected chi connectivity index (χ0v) is 8.52. The fourth-order valence-corrected chi connectivity index (χ4v) is 0.915. The van der Waals surface area contributed by atoms with E-state index in [1.165, 1.54) is 4.90 Å². The highest BCUT2D eigenvalue weighted by atomic mass is 32.1. The molecule has 0 fully saturated rings. The third-order valence-corrected chi connectivity index (χ3v) is 1.46. The van der Waals surface area contributed by atoms with Crippen molar-refractivity contribution in [3.05, 3.63) is 0 Å². The minimum Gasteiger partial charge on any atom is -0.392 e. The Hall–Kier alpha value is -0.680. The van der Waals surface area contributed by atoms with Crippen LogP contribution in [0.3, 0.4) is 0 Å². The number of carbonyl (C=O) groups is 1. The first kappa shape index (κ1) is 11.3. The van der Waals surface area contributed by atoms with E-state index in [2.05, 4.69) is 0 Å². The van der Waals surface area contributed by atoms with Crippen molar-refractivity contribution in [2.75, 3.05) is 34.2 Å². The molecule has 0 aromatic carbocycles. The molecule has 0 aliphatic carbocycles. The van der Waals surface area contributed by atoms with Crippen molar-refractivity contribution in [3.63, 3.8) is 0 Å². The van der Waals surface area contributed by atoms with E-state index >= 15 is 0 Å². The first-order valence-electron chi connectivity index (χ1n) is 3.60. The summed E-state index contributed by atoms with van der Waals surface area (Å²) in [4.78, 5) is 14.9. The predicted octanol–water partition coefficient (Wildman–Crippen LogP) is -0.707. The number of hydrogen-bond acceptors (Lipinski definition) is 3. The zero-order chi connectivity index (χ0) is 9.72. The number of rotatable bonds is 4. The zero-order valence-electron chi connectivity index (χ0n) is 7.70. The van der Waals surface area contributed by atoms with Gasteiger partial charge in [0.1, 0.15) is 0 Å². The van der Waals surface area contributed by atoms with Gasteiger partial charge in [0.15, 0.2) is 0 Å². The lowest BCUT2D eigenvalue weighted by Gasteiger charge is -2.17. The van der Waals surface area contributed by atoms with Crippen molar-refractivity contribution in [1.29, 1.82) is 0 Å². The van der Waals surface area contributed by atoms with Gasteiger partial charge >= 0.3 is 0 Å². The molecule has 70 valence electrons. The Morgan fingerprint density at radius 3 is 2.17 bits per heavy atom. The molecule has 12 heavy (non-hydrogen) atoms. The largest absolute Gasteiger partial charge is 0.392 e. The van der Waals surface area contributed by atoms with Gasteiger partial charge in [-0.15, -0.1) is 0 Å². The maximum Gasteiger partial charge on any atom is 0.236 e. The van der Waals surface area contributed by atoms with Gasteiger partial charge in [0, 0.05) is 20.6 Å². The van der Waals surface area contributed by atoms with Crippen molar-refractivity contribution >= 4 is 23.1 Å². The molecule has 1 amide bonds. The van der Waals surface area contributed by atoms with E-state index in [1.54, 1.807) is 26.0 Å². The van der Waals surface area contributed by atoms with Gasteiger partial charge in [-0.3, -0.25) is 9.69 Å². The molecule has 0 aromatic rings. The Morgan fingerprint density at radius 2 is 1.83 bits per heavy atom. The monoisotopic (exact) mass is 189 g/mol. The number of hydrogen-bond donors (Lipinski definition) is 1. The minimum atomic E-state index is 0.0498. The fraction of sp³-hybridized carbons (Fsp3) is 0.714. The van der Waals surface area contributed by atoms with Gasteiger partial charge < -0.3 is 10.6 Å². The third kappa shape index (κ3) is 5.03. The molecule has 0 saturated carbocycles. The smallest absolute Gasteiger partial charge is 0.236 e. The molecule has 0 heterocycles. The van der Waals surface area contributed by atoms with Gasteiger partial charge in [0.05, 0.1) is 11.5 Å². The summed E-state index contributed by atoms with van der Waals surface area (Å²) in [6.07, 6.45) is 0. The Balaban J connectivity index is 3.76. The second-order valence-corrected chi connectivity index (χ2v) is 3.45. The lowest BCUT2D eigenvalue weighted by molar-refractivity contribution is -0.129. The van der Waals surface area contributed by atoms with Crippen LogP contribution < -0.4 is 5.73 Å². The molecule has 0 aromatic heterocycles. The molecule has 0 radical (unpaired) electrons. The molecule has 0 atom stereocenters. The van der Waals surface area contributed by atoms with Gasteiger partial charge in [-0.2, -0.15) is 0 Å². The lowest BCUT2D eigenvalue weighted by Crippen LogP contribution is -2.38. The highest BCUT2D eigenvalue weighted by Crippen LogP contribution is 1.85. The van der Waals surface area contributed by atoms with Crippen LogP contribution in [0.4, 0.5) is 0 Å². The maximum atomic E-state index is 11.1. The highest BCUT2D eigenvalue weighted by molar-refractivity contribution is 7.80. The summed E-state index contributed by atoms with van der Waals surface area (Å²) in [5.41, 5.74) is 5.31. The van der Waals surface area contributed by atoms with E-state index in [0.717, 1.165) is 0 Å². The van der Waals surface area contributed by atoms with Crippen molar-refractivity contribution in [2.45, 2.75) is 0 Å². The second kappa shape index (κ2) is 5.05. The summed E-state index contributed by atoms with van der Waals surface area (Å²) in [6, 6.07) is 0. The first-order valence-corrected chi connectivity index (χ1v) is 4.01. The number of amides is 1. The van der Waals surface area contributed by atoms with Crippen LogP contribution >= 0.6 is 12.2 Å². The topological polar surface area (TPSA) is 49.6 Å². The SMILES string of the molecule is CN(CC(=O)N(C)C)CC(N)=S. The molecule has 0 rings (SSSR count). The fourth-order valence-electron chi connectivity index (χ4n) is 0.694. The highest BCUT2D eigenvalue weighted by Gasteiger charge is 2.08. The summed E-state index contributed by atoms with van der Waals surface area (Å²) in [5.74, 6) is 0.0498. The van der Waals surface area contributed by atoms with Crippen LogP contribution in [0.25, 0.3) is 0 Å². The molecule has 0 saturated heterocycles. The molecule has 0 unspecified atom stereocenters. The van der Waals surface area contributed by atoms with Crippen LogP contribution in [0.2, 0.25) is 0 Å². The molecule has 0 aliphatic heterocycles. The lowest BCUT2D eigenvalue weighted by atomic mass is 10.4. The Kier molecular flexibility index (Phi) is 4.77. The summed E-state index contributed by atoms with van der Waals surface area (Å²) in [7, 11) is 5.24. The summed E-state index contributed by atoms with van der Waals surface area (Å²) >= 11 is 4.70. The van der Waals surface area contributed by atoms with Gasteiger partial charge in [0.25, 0.3) is 0 Å². The first-order chi connectivity index (χ1) is 5.43. The average molecular weight is 189 g/mol. The normalized spacial score (nSPS) is 10.0. The summed E-state index contributed by atoms with van der Waals surface area (Å²) in [6.45, 7) is 0.833. The average Bonchev–Trinajstić information content (AvgIpc) is 1.84. The molecule has 2 N–H and O–H groups in total. The molecule has 4 nitrogen and oxygen atoms in total. The molecule has 5 heteroatoms. The second-order valence-electron chi connectivity index (χ2n) is 2.93. The summed E-state index contributed by atoms with van der Waals surface area (Å²) in [5, 5.41) is 0. The van der Waals surface area contributed by atoms with E-state index in [-0.39, 0.29) is 5.91 Å². The van der Waals surface area contributed by atoms with E-state index in [4.69, 9.17) is 18.0 Å².